The molecule has 0 amide bonds. The third kappa shape index (κ3) is 5.00. The summed E-state index contributed by atoms with van der Waals surface area (Å²) in [5.74, 6) is 0.731. The van der Waals surface area contributed by atoms with E-state index in [1.165, 1.54) is 6.42 Å². The lowest BCUT2D eigenvalue weighted by Gasteiger charge is -2.26. The first-order valence-corrected chi connectivity index (χ1v) is 7.63. The first-order chi connectivity index (χ1) is 10.2. The van der Waals surface area contributed by atoms with Gasteiger partial charge in [-0.2, -0.15) is 15.0 Å². The zero-order chi connectivity index (χ0) is 15.1. The lowest BCUT2D eigenvalue weighted by atomic mass is 10.1. The van der Waals surface area contributed by atoms with Gasteiger partial charge in [0.2, 0.25) is 17.2 Å². The third-order valence-corrected chi connectivity index (χ3v) is 3.32. The first kappa shape index (κ1) is 15.8. The Morgan fingerprint density at radius 2 is 2.05 bits per heavy atom. The Hall–Kier alpha value is -1.63. The van der Waals surface area contributed by atoms with Gasteiger partial charge in [-0.25, -0.2) is 0 Å². The molecule has 2 rings (SSSR count). The minimum atomic E-state index is -0.249. The maximum absolute atomic E-state index is 11.3. The molecule has 0 radical (unpaired) electrons. The van der Waals surface area contributed by atoms with E-state index in [0.29, 0.717) is 25.0 Å². The highest BCUT2D eigenvalue weighted by atomic mass is 35.5. The van der Waals surface area contributed by atoms with Crippen molar-refractivity contribution in [2.45, 2.75) is 32.6 Å². The topological polar surface area (TPSA) is 80.2 Å². The number of carbonyl (C=O) groups excluding carboxylic acids is 1. The van der Waals surface area contributed by atoms with E-state index >= 15 is 0 Å². The quantitative estimate of drug-likeness (QED) is 0.803. The summed E-state index contributed by atoms with van der Waals surface area (Å²) >= 11 is 5.94. The summed E-state index contributed by atoms with van der Waals surface area (Å²) in [5.41, 5.74) is 0. The molecule has 7 nitrogen and oxygen atoms in total. The van der Waals surface area contributed by atoms with Crippen LogP contribution in [0, 0.1) is 0 Å². The number of ether oxygens (including phenoxy) is 1. The molecular weight excluding hydrogens is 294 g/mol. The number of halogens is 1. The van der Waals surface area contributed by atoms with E-state index in [-0.39, 0.29) is 17.7 Å². The Kier molecular flexibility index (Phi) is 5.98. The summed E-state index contributed by atoms with van der Waals surface area (Å²) in [6.45, 7) is 4.43. The molecule has 1 N–H and O–H groups in total. The predicted molar refractivity (Wildman–Crippen MR) is 80.6 cm³/mol. The average Bonchev–Trinajstić information content (AvgIpc) is 2.48. The van der Waals surface area contributed by atoms with Gasteiger partial charge in [-0.3, -0.25) is 4.79 Å². The number of carbonyl (C=O) groups is 1. The molecule has 1 saturated heterocycles. The van der Waals surface area contributed by atoms with Crippen molar-refractivity contribution < 1.29 is 9.53 Å². The Bertz CT molecular complexity index is 480. The predicted octanol–water partition coefficient (Wildman–Crippen LogP) is 1.88. The normalized spacial score (nSPS) is 14.9. The second-order valence-corrected chi connectivity index (χ2v) is 5.10. The van der Waals surface area contributed by atoms with Crippen molar-refractivity contribution in [3.63, 3.8) is 0 Å². The lowest BCUT2D eigenvalue weighted by Crippen LogP contribution is -2.31. The number of rotatable bonds is 6. The molecule has 116 valence electrons. The third-order valence-electron chi connectivity index (χ3n) is 3.15. The molecule has 8 heteroatoms. The van der Waals surface area contributed by atoms with Gasteiger partial charge in [-0.15, -0.1) is 0 Å². The van der Waals surface area contributed by atoms with Crippen molar-refractivity contribution in [1.29, 1.82) is 0 Å². The molecule has 0 saturated carbocycles. The van der Waals surface area contributed by atoms with Crippen LogP contribution in [0.1, 0.15) is 32.6 Å². The maximum atomic E-state index is 11.3. The summed E-state index contributed by atoms with van der Waals surface area (Å²) in [6, 6.07) is 0. The van der Waals surface area contributed by atoms with Gasteiger partial charge < -0.3 is 15.0 Å². The fourth-order valence-electron chi connectivity index (χ4n) is 2.16. The molecule has 1 aliphatic rings. The molecular formula is C13H20ClN5O2. The van der Waals surface area contributed by atoms with Gasteiger partial charge in [0.15, 0.2) is 0 Å². The Morgan fingerprint density at radius 1 is 1.29 bits per heavy atom. The summed E-state index contributed by atoms with van der Waals surface area (Å²) in [5, 5.41) is 3.14. The van der Waals surface area contributed by atoms with Gasteiger partial charge in [0.05, 0.1) is 13.0 Å². The minimum Gasteiger partial charge on any atom is -0.466 e. The second kappa shape index (κ2) is 7.97. The molecule has 0 spiro atoms. The molecule has 0 bridgehead atoms. The summed E-state index contributed by atoms with van der Waals surface area (Å²) < 4.78 is 4.86. The minimum absolute atomic E-state index is 0.157. The van der Waals surface area contributed by atoms with Crippen molar-refractivity contribution in [3.8, 4) is 0 Å². The Balaban J connectivity index is 1.93. The van der Waals surface area contributed by atoms with E-state index in [1.54, 1.807) is 6.92 Å². The zero-order valence-corrected chi connectivity index (χ0v) is 12.9. The van der Waals surface area contributed by atoms with Crippen LogP contribution in [0.25, 0.3) is 0 Å². The number of esters is 1. The molecule has 1 aromatic rings. The number of hydrogen-bond donors (Lipinski definition) is 1. The van der Waals surface area contributed by atoms with E-state index in [2.05, 4.69) is 25.2 Å². The molecule has 1 aromatic heterocycles. The SMILES string of the molecule is CCOC(=O)CCNc1nc(Cl)nc(N2CCCCC2)n1. The summed E-state index contributed by atoms with van der Waals surface area (Å²) in [4.78, 5) is 25.9. The highest BCUT2D eigenvalue weighted by molar-refractivity contribution is 6.28. The van der Waals surface area contributed by atoms with Crippen LogP contribution in [-0.2, 0) is 9.53 Å². The van der Waals surface area contributed by atoms with Gasteiger partial charge in [-0.1, -0.05) is 0 Å². The highest BCUT2D eigenvalue weighted by Crippen LogP contribution is 2.18. The monoisotopic (exact) mass is 313 g/mol. The lowest BCUT2D eigenvalue weighted by molar-refractivity contribution is -0.142. The number of nitrogens with one attached hydrogen (secondary N) is 1. The van der Waals surface area contributed by atoms with Gasteiger partial charge in [0.1, 0.15) is 0 Å². The fraction of sp³-hybridized carbons (Fsp3) is 0.692. The molecule has 0 atom stereocenters. The van der Waals surface area contributed by atoms with Crippen LogP contribution in [0.15, 0.2) is 0 Å². The van der Waals surface area contributed by atoms with Crippen molar-refractivity contribution in [1.82, 2.24) is 15.0 Å². The largest absolute Gasteiger partial charge is 0.466 e. The standard InChI is InChI=1S/C13H20ClN5O2/c1-2-21-10(20)6-7-15-12-16-11(14)17-13(18-12)19-8-4-3-5-9-19/h2-9H2,1H3,(H,15,16,17,18). The van der Waals surface area contributed by atoms with Crippen molar-refractivity contribution in [2.75, 3.05) is 36.5 Å². The number of piperidine rings is 1. The van der Waals surface area contributed by atoms with E-state index < -0.39 is 0 Å². The van der Waals surface area contributed by atoms with Crippen LogP contribution in [0.5, 0.6) is 0 Å². The molecule has 0 unspecified atom stereocenters. The van der Waals surface area contributed by atoms with Crippen LogP contribution in [-0.4, -0.2) is 47.2 Å². The summed E-state index contributed by atoms with van der Waals surface area (Å²) in [7, 11) is 0. The van der Waals surface area contributed by atoms with Crippen molar-refractivity contribution in [3.05, 3.63) is 5.28 Å². The number of hydrogen-bond acceptors (Lipinski definition) is 7. The van der Waals surface area contributed by atoms with Crippen LogP contribution in [0.4, 0.5) is 11.9 Å². The van der Waals surface area contributed by atoms with Crippen LogP contribution in [0.2, 0.25) is 5.28 Å². The van der Waals surface area contributed by atoms with Gasteiger partial charge in [0, 0.05) is 19.6 Å². The highest BCUT2D eigenvalue weighted by Gasteiger charge is 2.15. The second-order valence-electron chi connectivity index (χ2n) is 4.76. The molecule has 0 aromatic carbocycles. The number of anilines is 2. The molecule has 2 heterocycles. The van der Waals surface area contributed by atoms with Crippen LogP contribution < -0.4 is 10.2 Å². The van der Waals surface area contributed by atoms with Crippen LogP contribution in [0.3, 0.4) is 0 Å². The maximum Gasteiger partial charge on any atom is 0.307 e. The molecule has 0 aliphatic carbocycles. The number of aromatic nitrogens is 3. The first-order valence-electron chi connectivity index (χ1n) is 7.25. The van der Waals surface area contributed by atoms with Gasteiger partial charge in [-0.05, 0) is 37.8 Å². The van der Waals surface area contributed by atoms with Gasteiger partial charge in [0.25, 0.3) is 0 Å². The summed E-state index contributed by atoms with van der Waals surface area (Å²) in [6.07, 6.45) is 3.76. The van der Waals surface area contributed by atoms with Crippen molar-refractivity contribution in [2.24, 2.45) is 0 Å². The van der Waals surface area contributed by atoms with Gasteiger partial charge >= 0.3 is 5.97 Å². The van der Waals surface area contributed by atoms with Crippen LogP contribution >= 0.6 is 11.6 Å². The van der Waals surface area contributed by atoms with E-state index in [1.807, 2.05) is 0 Å². The fourth-order valence-corrected chi connectivity index (χ4v) is 2.32. The van der Waals surface area contributed by atoms with E-state index in [9.17, 15) is 4.79 Å². The smallest absolute Gasteiger partial charge is 0.307 e. The average molecular weight is 314 g/mol. The number of nitrogens with zero attached hydrogens (tertiary/aromatic N) is 4. The van der Waals surface area contributed by atoms with Crippen molar-refractivity contribution >= 4 is 29.5 Å². The molecule has 21 heavy (non-hydrogen) atoms. The van der Waals surface area contributed by atoms with E-state index in [4.69, 9.17) is 16.3 Å². The molecule has 1 fully saturated rings. The van der Waals surface area contributed by atoms with E-state index in [0.717, 1.165) is 25.9 Å². The molecule has 1 aliphatic heterocycles. The Morgan fingerprint density at radius 3 is 2.76 bits per heavy atom. The zero-order valence-electron chi connectivity index (χ0n) is 12.1. The Labute approximate surface area is 129 Å².